The number of nitriles is 1. The highest BCUT2D eigenvalue weighted by atomic mass is 16.2. The zero-order chi connectivity index (χ0) is 25.5. The van der Waals surface area contributed by atoms with Crippen molar-refractivity contribution in [2.24, 2.45) is 7.05 Å². The van der Waals surface area contributed by atoms with Gasteiger partial charge >= 0.3 is 0 Å². The predicted molar refractivity (Wildman–Crippen MR) is 138 cm³/mol. The molecule has 2 aromatic carbocycles. The van der Waals surface area contributed by atoms with Gasteiger partial charge in [0.2, 0.25) is 5.91 Å². The smallest absolute Gasteiger partial charge is 0.253 e. The number of nitrogens with zero attached hydrogens (tertiary/aromatic N) is 4. The number of hydrogen-bond donors (Lipinski definition) is 2. The zero-order valence-electron chi connectivity index (χ0n) is 20.1. The average molecular weight is 479 g/mol. The van der Waals surface area contributed by atoms with Crippen molar-refractivity contribution >= 4 is 11.7 Å². The van der Waals surface area contributed by atoms with Gasteiger partial charge in [0, 0.05) is 31.4 Å². The largest absolute Gasteiger partial charge is 0.309 e. The van der Waals surface area contributed by atoms with Crippen LogP contribution in [0, 0.1) is 11.3 Å². The number of pyridine rings is 1. The van der Waals surface area contributed by atoms with Crippen LogP contribution in [0.1, 0.15) is 35.6 Å². The summed E-state index contributed by atoms with van der Waals surface area (Å²) in [4.78, 5) is 33.8. The molecule has 1 amide bonds. The summed E-state index contributed by atoms with van der Waals surface area (Å²) in [5, 5.41) is 15.3. The van der Waals surface area contributed by atoms with E-state index >= 15 is 0 Å². The Labute approximate surface area is 209 Å². The van der Waals surface area contributed by atoms with Gasteiger partial charge in [0.25, 0.3) is 5.56 Å². The first-order valence-corrected chi connectivity index (χ1v) is 11.5. The van der Waals surface area contributed by atoms with Gasteiger partial charge in [0.1, 0.15) is 11.9 Å². The molecule has 0 fully saturated rings. The Bertz CT molecular complexity index is 1420. The maximum Gasteiger partial charge on any atom is 0.253 e. The molecule has 2 N–H and O–H groups in total. The van der Waals surface area contributed by atoms with E-state index < -0.39 is 6.04 Å². The molecule has 0 aliphatic carbocycles. The molecular formula is C28H26N6O2. The SMILES string of the molecule is C[C@H](CNC(C(=O)Nc1ccc(-c2cc(=O)n(C)cn2)cn1)c1ccccc1)c1ccc(C#N)cc1. The van der Waals surface area contributed by atoms with Crippen molar-refractivity contribution in [1.82, 2.24) is 19.9 Å². The average Bonchev–Trinajstić information content (AvgIpc) is 2.91. The number of hydrogen-bond acceptors (Lipinski definition) is 6. The molecule has 0 aliphatic rings. The molecular weight excluding hydrogens is 452 g/mol. The van der Waals surface area contributed by atoms with E-state index in [9.17, 15) is 9.59 Å². The van der Waals surface area contributed by atoms with Gasteiger partial charge in [-0.1, -0.05) is 49.4 Å². The highest BCUT2D eigenvalue weighted by molar-refractivity contribution is 5.94. The van der Waals surface area contributed by atoms with Gasteiger partial charge in [-0.15, -0.1) is 0 Å². The maximum absolute atomic E-state index is 13.3. The van der Waals surface area contributed by atoms with Crippen molar-refractivity contribution in [3.8, 4) is 17.3 Å². The van der Waals surface area contributed by atoms with Gasteiger partial charge in [-0.05, 0) is 41.3 Å². The Balaban J connectivity index is 1.47. The van der Waals surface area contributed by atoms with Crippen LogP contribution in [0.15, 0.2) is 90.1 Å². The minimum Gasteiger partial charge on any atom is -0.309 e. The van der Waals surface area contributed by atoms with E-state index in [1.807, 2.05) is 42.5 Å². The maximum atomic E-state index is 13.3. The molecule has 2 atom stereocenters. The fourth-order valence-electron chi connectivity index (χ4n) is 3.74. The van der Waals surface area contributed by atoms with E-state index in [4.69, 9.17) is 5.26 Å². The van der Waals surface area contributed by atoms with Crippen LogP contribution in [0.25, 0.3) is 11.3 Å². The molecule has 4 aromatic rings. The van der Waals surface area contributed by atoms with Crippen LogP contribution in [0.3, 0.4) is 0 Å². The second-order valence-electron chi connectivity index (χ2n) is 8.53. The van der Waals surface area contributed by atoms with Crippen molar-refractivity contribution < 1.29 is 4.79 Å². The summed E-state index contributed by atoms with van der Waals surface area (Å²) in [5.41, 5.74) is 3.57. The number of rotatable bonds is 8. The lowest BCUT2D eigenvalue weighted by Crippen LogP contribution is -2.35. The lowest BCUT2D eigenvalue weighted by Gasteiger charge is -2.21. The highest BCUT2D eigenvalue weighted by Gasteiger charge is 2.22. The minimum absolute atomic E-state index is 0.125. The molecule has 8 heteroatoms. The normalized spacial score (nSPS) is 12.4. The van der Waals surface area contributed by atoms with Crippen LogP contribution in [0.2, 0.25) is 0 Å². The van der Waals surface area contributed by atoms with Crippen LogP contribution in [0.4, 0.5) is 5.82 Å². The van der Waals surface area contributed by atoms with Crippen LogP contribution < -0.4 is 16.2 Å². The second-order valence-corrected chi connectivity index (χ2v) is 8.53. The fraction of sp³-hybridized carbons (Fsp3) is 0.179. The Kier molecular flexibility index (Phi) is 7.63. The van der Waals surface area contributed by atoms with E-state index in [-0.39, 0.29) is 17.4 Å². The molecule has 4 rings (SSSR count). The van der Waals surface area contributed by atoms with Gasteiger partial charge in [-0.3, -0.25) is 9.59 Å². The molecule has 1 unspecified atom stereocenters. The molecule has 0 bridgehead atoms. The summed E-state index contributed by atoms with van der Waals surface area (Å²) in [6, 6.07) is 23.4. The van der Waals surface area contributed by atoms with E-state index in [1.54, 1.807) is 37.5 Å². The van der Waals surface area contributed by atoms with Gasteiger partial charge in [0.15, 0.2) is 0 Å². The first-order valence-electron chi connectivity index (χ1n) is 11.5. The third-order valence-electron chi connectivity index (χ3n) is 5.92. The van der Waals surface area contributed by atoms with Gasteiger partial charge < -0.3 is 15.2 Å². The summed E-state index contributed by atoms with van der Waals surface area (Å²) >= 11 is 0. The van der Waals surface area contributed by atoms with E-state index in [2.05, 4.69) is 33.6 Å². The summed E-state index contributed by atoms with van der Waals surface area (Å²) in [6.07, 6.45) is 3.04. The van der Waals surface area contributed by atoms with Gasteiger partial charge in [0.05, 0.1) is 23.7 Å². The third-order valence-corrected chi connectivity index (χ3v) is 5.92. The Hall–Kier alpha value is -4.61. The molecule has 0 saturated carbocycles. The number of carbonyl (C=O) groups excluding carboxylic acids is 1. The number of benzene rings is 2. The van der Waals surface area contributed by atoms with Crippen LogP contribution in [-0.2, 0) is 11.8 Å². The fourth-order valence-corrected chi connectivity index (χ4v) is 3.74. The molecule has 0 aliphatic heterocycles. The molecule has 0 saturated heterocycles. The molecule has 2 heterocycles. The van der Waals surface area contributed by atoms with Gasteiger partial charge in [-0.25, -0.2) is 9.97 Å². The first kappa shape index (κ1) is 24.5. The molecule has 8 nitrogen and oxygen atoms in total. The molecule has 36 heavy (non-hydrogen) atoms. The Morgan fingerprint density at radius 3 is 2.42 bits per heavy atom. The topological polar surface area (TPSA) is 113 Å². The number of aryl methyl sites for hydroxylation is 1. The lowest BCUT2D eigenvalue weighted by molar-refractivity contribution is -0.118. The lowest BCUT2D eigenvalue weighted by atomic mass is 9.98. The molecule has 0 radical (unpaired) electrons. The standard InChI is InChI=1S/C28H26N6O2/c1-19(21-10-8-20(15-29)9-11-21)16-31-27(22-6-4-3-5-7-22)28(36)33-25-13-12-23(17-30-25)24-14-26(35)34(2)18-32-24/h3-14,17-19,27,31H,16H2,1-2H3,(H,30,33,36)/t19-,27?/m1/s1. The van der Waals surface area contributed by atoms with Crippen molar-refractivity contribution in [3.05, 3.63) is 112 Å². The van der Waals surface area contributed by atoms with Crippen LogP contribution in [0.5, 0.6) is 0 Å². The number of amides is 1. The summed E-state index contributed by atoms with van der Waals surface area (Å²) in [7, 11) is 1.64. The molecule has 180 valence electrons. The quantitative estimate of drug-likeness (QED) is 0.398. The van der Waals surface area contributed by atoms with E-state index in [1.165, 1.54) is 17.0 Å². The number of carbonyl (C=O) groups is 1. The van der Waals surface area contributed by atoms with Crippen molar-refractivity contribution in [2.45, 2.75) is 18.9 Å². The van der Waals surface area contributed by atoms with E-state index in [0.717, 1.165) is 11.1 Å². The number of aromatic nitrogens is 3. The Morgan fingerprint density at radius 2 is 1.78 bits per heavy atom. The van der Waals surface area contributed by atoms with Crippen molar-refractivity contribution in [1.29, 1.82) is 5.26 Å². The number of nitrogens with one attached hydrogen (secondary N) is 2. The van der Waals surface area contributed by atoms with Crippen molar-refractivity contribution in [3.63, 3.8) is 0 Å². The minimum atomic E-state index is -0.590. The van der Waals surface area contributed by atoms with E-state index in [0.29, 0.717) is 29.2 Å². The second kappa shape index (κ2) is 11.2. The summed E-state index contributed by atoms with van der Waals surface area (Å²) in [5.74, 6) is 0.288. The zero-order valence-corrected chi connectivity index (χ0v) is 20.1. The summed E-state index contributed by atoms with van der Waals surface area (Å²) in [6.45, 7) is 2.62. The first-order chi connectivity index (χ1) is 17.4. The number of anilines is 1. The predicted octanol–water partition coefficient (Wildman–Crippen LogP) is 3.79. The van der Waals surface area contributed by atoms with Crippen LogP contribution >= 0.6 is 0 Å². The monoisotopic (exact) mass is 478 g/mol. The van der Waals surface area contributed by atoms with Crippen molar-refractivity contribution in [2.75, 3.05) is 11.9 Å². The molecule has 2 aromatic heterocycles. The van der Waals surface area contributed by atoms with Crippen LogP contribution in [-0.4, -0.2) is 27.0 Å². The Morgan fingerprint density at radius 1 is 1.03 bits per heavy atom. The summed E-state index contributed by atoms with van der Waals surface area (Å²) < 4.78 is 1.39. The highest BCUT2D eigenvalue weighted by Crippen LogP contribution is 2.21. The van der Waals surface area contributed by atoms with Gasteiger partial charge in [-0.2, -0.15) is 5.26 Å². The third kappa shape index (κ3) is 5.90. The molecule has 0 spiro atoms.